The van der Waals surface area contributed by atoms with Gasteiger partial charge in [0.25, 0.3) is 5.56 Å². The van der Waals surface area contributed by atoms with Gasteiger partial charge in [0.2, 0.25) is 29.9 Å². The number of benzene rings is 2. The second kappa shape index (κ2) is 22.5. The number of carbonyl (C=O) groups excluding carboxylic acids is 5. The number of H-pyrrole nitrogens is 2. The van der Waals surface area contributed by atoms with Crippen molar-refractivity contribution in [3.63, 3.8) is 0 Å². The Hall–Kier alpha value is -7.11. The number of likely N-dealkylation sites (N-methyl/N-ethyl adjacent to an activating group) is 1. The van der Waals surface area contributed by atoms with Crippen LogP contribution in [0.4, 0.5) is 4.79 Å². The molecule has 1 aliphatic heterocycles. The second-order valence-corrected chi connectivity index (χ2v) is 16.2. The summed E-state index contributed by atoms with van der Waals surface area (Å²) in [6.45, 7) is 0.987. The van der Waals surface area contributed by atoms with Crippen LogP contribution in [0.15, 0.2) is 88.5 Å². The third kappa shape index (κ3) is 13.0. The summed E-state index contributed by atoms with van der Waals surface area (Å²) in [6, 6.07) is 6.53. The van der Waals surface area contributed by atoms with E-state index in [4.69, 9.17) is 10.5 Å². The molecule has 12 N–H and O–H groups in total. The van der Waals surface area contributed by atoms with Crippen molar-refractivity contribution in [2.45, 2.75) is 75.1 Å². The molecule has 2 aromatic heterocycles. The number of hydrogen-bond donors (Lipinski definition) is 11. The number of aromatic hydroxyl groups is 1. The molecule has 6 amide bonds. The lowest BCUT2D eigenvalue weighted by atomic mass is 10.0. The number of nitrogens with two attached hydrogens (primary N) is 1. The average molecular weight is 921 g/mol. The van der Waals surface area contributed by atoms with E-state index < -0.39 is 96.0 Å². The standard InChI is InChI=1S/C42H52N10O12S/c1-22(51(2)38(59)30(46-34(56)19-43)16-23-7-6-8-25(53)15-23)35(37(58)45-21-26-18-32(54)39(64-26)52-13-11-33(55)49-42(52)63)50-36(57)29(12-14-65-3)47-41(62)48-31(40(60)61)17-24-20-44-28-10-5-4-9-27(24)28/h4-11,13,15,20-22,29-32,35,39,44,53-54H,12,14,16-19,43H2,1-3H3,(H,45,58)(H,46,56)(H,50,57)(H,60,61)(H2,47,48,62)(H,49,55,63)/b26-21-. The largest absolute Gasteiger partial charge is 0.508 e. The number of aromatic nitrogens is 3. The highest BCUT2D eigenvalue weighted by atomic mass is 32.2. The Morgan fingerprint density at radius 2 is 1.72 bits per heavy atom. The Morgan fingerprint density at radius 1 is 0.985 bits per heavy atom. The number of carboxylic acids is 1. The van der Waals surface area contributed by atoms with E-state index in [1.165, 1.54) is 37.9 Å². The van der Waals surface area contributed by atoms with Gasteiger partial charge < -0.3 is 62.3 Å². The van der Waals surface area contributed by atoms with E-state index >= 15 is 0 Å². The summed E-state index contributed by atoms with van der Waals surface area (Å²) < 4.78 is 6.68. The van der Waals surface area contributed by atoms with Crippen LogP contribution < -0.4 is 43.6 Å². The molecule has 7 atom stereocenters. The monoisotopic (exact) mass is 920 g/mol. The van der Waals surface area contributed by atoms with Crippen molar-refractivity contribution in [1.29, 1.82) is 0 Å². The van der Waals surface area contributed by atoms with Crippen molar-refractivity contribution in [2.75, 3.05) is 25.6 Å². The maximum atomic E-state index is 14.2. The summed E-state index contributed by atoms with van der Waals surface area (Å²) in [6.07, 6.45) is 2.72. The summed E-state index contributed by atoms with van der Waals surface area (Å²) in [4.78, 5) is 111. The highest BCUT2D eigenvalue weighted by molar-refractivity contribution is 7.98. The van der Waals surface area contributed by atoms with Crippen LogP contribution >= 0.6 is 11.8 Å². The molecule has 65 heavy (non-hydrogen) atoms. The molecule has 22 nitrogen and oxygen atoms in total. The van der Waals surface area contributed by atoms with Gasteiger partial charge in [-0.15, -0.1) is 0 Å². The summed E-state index contributed by atoms with van der Waals surface area (Å²) in [5.41, 5.74) is 5.90. The van der Waals surface area contributed by atoms with E-state index in [9.17, 15) is 53.7 Å². The van der Waals surface area contributed by atoms with Gasteiger partial charge in [-0.3, -0.25) is 33.5 Å². The van der Waals surface area contributed by atoms with Crippen LogP contribution in [0.5, 0.6) is 5.75 Å². The molecule has 0 spiro atoms. The Kier molecular flexibility index (Phi) is 16.9. The number of ether oxygens (including phenoxy) is 1. The van der Waals surface area contributed by atoms with Crippen molar-refractivity contribution >= 4 is 58.3 Å². The minimum absolute atomic E-state index is 0.00333. The zero-order valence-electron chi connectivity index (χ0n) is 35.6. The van der Waals surface area contributed by atoms with Gasteiger partial charge in [0.1, 0.15) is 41.8 Å². The number of aliphatic carboxylic acids is 1. The fraction of sp³-hybridized carbons (Fsp3) is 0.381. The molecule has 0 aliphatic carbocycles. The molecule has 4 aromatic rings. The molecule has 3 heterocycles. The second-order valence-electron chi connectivity index (χ2n) is 15.2. The van der Waals surface area contributed by atoms with E-state index in [0.717, 1.165) is 38.8 Å². The molecule has 1 fully saturated rings. The maximum Gasteiger partial charge on any atom is 0.331 e. The van der Waals surface area contributed by atoms with E-state index in [0.29, 0.717) is 16.9 Å². The number of phenolic OH excluding ortho intramolecular Hbond substituents is 1. The number of carbonyl (C=O) groups is 6. The van der Waals surface area contributed by atoms with Gasteiger partial charge in [0.05, 0.1) is 12.6 Å². The Bertz CT molecular complexity index is 2520. The average Bonchev–Trinajstić information content (AvgIpc) is 3.86. The zero-order chi connectivity index (χ0) is 47.4. The highest BCUT2D eigenvalue weighted by Gasteiger charge is 2.38. The first-order valence-corrected chi connectivity index (χ1v) is 21.7. The minimum Gasteiger partial charge on any atom is -0.508 e. The number of para-hydroxylation sites is 1. The number of aliphatic hydroxyl groups is 1. The van der Waals surface area contributed by atoms with Gasteiger partial charge in [-0.25, -0.2) is 14.4 Å². The first-order valence-electron chi connectivity index (χ1n) is 20.3. The van der Waals surface area contributed by atoms with E-state index in [1.54, 1.807) is 36.7 Å². The normalized spacial score (nSPS) is 17.5. The number of nitrogens with zero attached hydrogens (tertiary/aromatic N) is 2. The first-order chi connectivity index (χ1) is 31.0. The van der Waals surface area contributed by atoms with Gasteiger partial charge in [-0.2, -0.15) is 11.8 Å². The van der Waals surface area contributed by atoms with E-state index in [-0.39, 0.29) is 37.2 Å². The van der Waals surface area contributed by atoms with Gasteiger partial charge in [-0.05, 0) is 54.7 Å². The van der Waals surface area contributed by atoms with Crippen molar-refractivity contribution < 1.29 is 48.8 Å². The van der Waals surface area contributed by atoms with Crippen molar-refractivity contribution in [3.8, 4) is 5.75 Å². The molecule has 1 saturated heterocycles. The van der Waals surface area contributed by atoms with E-state index in [1.807, 2.05) is 12.1 Å². The van der Waals surface area contributed by atoms with Crippen LogP contribution in [-0.2, 0) is 41.6 Å². The number of thioether (sulfide) groups is 1. The van der Waals surface area contributed by atoms with Crippen molar-refractivity contribution in [2.24, 2.45) is 5.73 Å². The number of urea groups is 1. The molecule has 348 valence electrons. The molecule has 0 radical (unpaired) electrons. The lowest BCUT2D eigenvalue weighted by Gasteiger charge is -2.34. The topological polar surface area (TPSA) is 332 Å². The number of nitrogens with one attached hydrogen (secondary N) is 7. The number of carboxylic acid groups (broad SMARTS) is 1. The lowest BCUT2D eigenvalue weighted by Crippen LogP contribution is -2.62. The molecule has 0 saturated carbocycles. The summed E-state index contributed by atoms with van der Waals surface area (Å²) in [5, 5.41) is 44.2. The van der Waals surface area contributed by atoms with Crippen LogP contribution in [0.3, 0.4) is 0 Å². The predicted octanol–water partition coefficient (Wildman–Crippen LogP) is -0.904. The zero-order valence-corrected chi connectivity index (χ0v) is 36.4. The van der Waals surface area contributed by atoms with Crippen LogP contribution in [0.1, 0.15) is 37.1 Å². The Labute approximate surface area is 375 Å². The lowest BCUT2D eigenvalue weighted by molar-refractivity contribution is -0.140. The van der Waals surface area contributed by atoms with Gasteiger partial charge >= 0.3 is 17.7 Å². The molecular formula is C42H52N10O12S. The number of fused-ring (bicyclic) bond motifs is 1. The summed E-state index contributed by atoms with van der Waals surface area (Å²) in [7, 11) is 1.33. The van der Waals surface area contributed by atoms with Crippen molar-refractivity contribution in [3.05, 3.63) is 111 Å². The van der Waals surface area contributed by atoms with Crippen LogP contribution in [0, 0.1) is 0 Å². The van der Waals surface area contributed by atoms with Crippen LogP contribution in [0.2, 0.25) is 0 Å². The number of aliphatic hydroxyl groups excluding tert-OH is 1. The van der Waals surface area contributed by atoms with Crippen LogP contribution in [0.25, 0.3) is 10.9 Å². The minimum atomic E-state index is -1.60. The third-order valence-electron chi connectivity index (χ3n) is 10.6. The number of amides is 6. The van der Waals surface area contributed by atoms with E-state index in [2.05, 4.69) is 36.6 Å². The third-order valence-corrected chi connectivity index (χ3v) is 11.3. The summed E-state index contributed by atoms with van der Waals surface area (Å²) >= 11 is 1.35. The molecule has 5 rings (SSSR count). The fourth-order valence-electron chi connectivity index (χ4n) is 7.08. The molecule has 7 unspecified atom stereocenters. The number of phenols is 1. The van der Waals surface area contributed by atoms with Crippen LogP contribution in [-0.4, -0.2) is 132 Å². The number of hydrogen-bond acceptors (Lipinski definition) is 13. The van der Waals surface area contributed by atoms with Gasteiger partial charge in [0, 0.05) is 61.9 Å². The predicted molar refractivity (Wildman–Crippen MR) is 237 cm³/mol. The van der Waals surface area contributed by atoms with Gasteiger partial charge in [-0.1, -0.05) is 30.3 Å². The SMILES string of the molecule is CSCCC(NC(=O)NC(Cc1c[nH]c2ccccc12)C(=O)O)C(=O)NC(C(=O)N/C=C1/CC(O)C(n2ccc(=O)[nH]c2=O)O1)C(C)N(C)C(=O)C(Cc1cccc(O)c1)NC(=O)CN. The summed E-state index contributed by atoms with van der Waals surface area (Å²) in [5.74, 6) is -4.25. The Balaban J connectivity index is 1.39. The number of aromatic amines is 2. The Morgan fingerprint density at radius 3 is 2.42 bits per heavy atom. The molecule has 23 heteroatoms. The molecule has 2 aromatic carbocycles. The molecule has 0 bridgehead atoms. The smallest absolute Gasteiger partial charge is 0.331 e. The molecular weight excluding hydrogens is 869 g/mol. The fourth-order valence-corrected chi connectivity index (χ4v) is 7.55. The van der Waals surface area contributed by atoms with Crippen molar-refractivity contribution in [1.82, 2.24) is 46.0 Å². The van der Waals surface area contributed by atoms with Gasteiger partial charge in [0.15, 0.2) is 0 Å². The quantitative estimate of drug-likeness (QED) is 0.0512. The number of rotatable bonds is 20. The highest BCUT2D eigenvalue weighted by Crippen LogP contribution is 2.30. The maximum absolute atomic E-state index is 14.2. The molecule has 1 aliphatic rings. The first kappa shape index (κ1) is 48.9.